The quantitative estimate of drug-likeness (QED) is 0.919. The molecule has 1 saturated heterocycles. The fraction of sp³-hybridized carbons (Fsp3) is 0.600. The van der Waals surface area contributed by atoms with E-state index in [0.29, 0.717) is 12.1 Å². The molecular formula is C15H20BrNO. The van der Waals surface area contributed by atoms with Gasteiger partial charge in [-0.05, 0) is 49.3 Å². The van der Waals surface area contributed by atoms with E-state index >= 15 is 0 Å². The van der Waals surface area contributed by atoms with Gasteiger partial charge in [0, 0.05) is 23.7 Å². The van der Waals surface area contributed by atoms with E-state index in [1.807, 2.05) is 0 Å². The van der Waals surface area contributed by atoms with Crippen molar-refractivity contribution in [3.05, 3.63) is 34.3 Å². The lowest BCUT2D eigenvalue weighted by atomic mass is 9.76. The van der Waals surface area contributed by atoms with Crippen molar-refractivity contribution in [1.82, 2.24) is 5.32 Å². The van der Waals surface area contributed by atoms with Crippen molar-refractivity contribution >= 4 is 15.9 Å². The summed E-state index contributed by atoms with van der Waals surface area (Å²) < 4.78 is 6.79. The van der Waals surface area contributed by atoms with E-state index in [9.17, 15) is 0 Å². The Morgan fingerprint density at radius 2 is 2.00 bits per heavy atom. The standard InChI is InChI=1S/C15H20BrNO/c16-13-5-3-11(4-6-13)12-8-14(9-12)17-10-15-2-1-7-18-15/h3-6,12,14-15,17H,1-2,7-10H2. The molecule has 1 heterocycles. The Kier molecular flexibility index (Phi) is 4.02. The van der Waals surface area contributed by atoms with Crippen LogP contribution in [0.3, 0.4) is 0 Å². The van der Waals surface area contributed by atoms with E-state index in [-0.39, 0.29) is 0 Å². The van der Waals surface area contributed by atoms with E-state index in [4.69, 9.17) is 4.74 Å². The van der Waals surface area contributed by atoms with Crippen molar-refractivity contribution in [2.45, 2.75) is 43.7 Å². The van der Waals surface area contributed by atoms with Gasteiger partial charge in [-0.1, -0.05) is 28.1 Å². The van der Waals surface area contributed by atoms with Crippen LogP contribution in [0.15, 0.2) is 28.7 Å². The highest BCUT2D eigenvalue weighted by atomic mass is 79.9. The number of hydrogen-bond donors (Lipinski definition) is 1. The highest BCUT2D eigenvalue weighted by Gasteiger charge is 2.30. The SMILES string of the molecule is Brc1ccc(C2CC(NCC3CCCO3)C2)cc1. The lowest BCUT2D eigenvalue weighted by Crippen LogP contribution is -2.43. The summed E-state index contributed by atoms with van der Waals surface area (Å²) in [6.45, 7) is 2.00. The fourth-order valence-corrected chi connectivity index (χ4v) is 3.16. The fourth-order valence-electron chi connectivity index (χ4n) is 2.90. The van der Waals surface area contributed by atoms with Crippen LogP contribution < -0.4 is 5.32 Å². The molecule has 1 aromatic rings. The molecule has 0 amide bonds. The zero-order chi connectivity index (χ0) is 12.4. The largest absolute Gasteiger partial charge is 0.377 e. The first-order valence-electron chi connectivity index (χ1n) is 6.92. The highest BCUT2D eigenvalue weighted by molar-refractivity contribution is 9.10. The van der Waals surface area contributed by atoms with Gasteiger partial charge < -0.3 is 10.1 Å². The third kappa shape index (κ3) is 2.95. The van der Waals surface area contributed by atoms with Crippen LogP contribution in [0.1, 0.15) is 37.2 Å². The first kappa shape index (κ1) is 12.6. The third-order valence-electron chi connectivity index (χ3n) is 4.14. The first-order valence-corrected chi connectivity index (χ1v) is 7.71. The Bertz CT molecular complexity index is 380. The topological polar surface area (TPSA) is 21.3 Å². The normalized spacial score (nSPS) is 31.3. The maximum atomic E-state index is 5.63. The minimum absolute atomic E-state index is 0.469. The van der Waals surface area contributed by atoms with Gasteiger partial charge in [-0.15, -0.1) is 0 Å². The van der Waals surface area contributed by atoms with Crippen LogP contribution >= 0.6 is 15.9 Å². The summed E-state index contributed by atoms with van der Waals surface area (Å²) in [5, 5.41) is 3.64. The summed E-state index contributed by atoms with van der Waals surface area (Å²) in [5.74, 6) is 0.750. The molecule has 2 fully saturated rings. The Balaban J connectivity index is 1.41. The predicted octanol–water partition coefficient (Wildman–Crippen LogP) is 3.46. The molecule has 0 radical (unpaired) electrons. The monoisotopic (exact) mass is 309 g/mol. The predicted molar refractivity (Wildman–Crippen MR) is 76.9 cm³/mol. The van der Waals surface area contributed by atoms with Gasteiger partial charge in [0.15, 0.2) is 0 Å². The van der Waals surface area contributed by atoms with Crippen LogP contribution in [0.25, 0.3) is 0 Å². The number of rotatable bonds is 4. The Labute approximate surface area is 117 Å². The molecule has 1 atom stereocenters. The van der Waals surface area contributed by atoms with Crippen LogP contribution in [0, 0.1) is 0 Å². The molecule has 2 aliphatic rings. The minimum atomic E-state index is 0.469. The van der Waals surface area contributed by atoms with Crippen LogP contribution in [-0.4, -0.2) is 25.3 Å². The molecule has 1 aliphatic heterocycles. The van der Waals surface area contributed by atoms with Crippen LogP contribution in [0.4, 0.5) is 0 Å². The van der Waals surface area contributed by atoms with Gasteiger partial charge in [-0.2, -0.15) is 0 Å². The van der Waals surface area contributed by atoms with E-state index < -0.39 is 0 Å². The van der Waals surface area contributed by atoms with Crippen molar-refractivity contribution < 1.29 is 4.74 Å². The second-order valence-electron chi connectivity index (χ2n) is 5.46. The van der Waals surface area contributed by atoms with Gasteiger partial charge in [0.2, 0.25) is 0 Å². The van der Waals surface area contributed by atoms with E-state index in [1.165, 1.54) is 35.7 Å². The molecule has 0 spiro atoms. The van der Waals surface area contributed by atoms with E-state index in [2.05, 4.69) is 45.5 Å². The third-order valence-corrected chi connectivity index (χ3v) is 4.67. The molecule has 98 valence electrons. The van der Waals surface area contributed by atoms with Crippen LogP contribution in [0.5, 0.6) is 0 Å². The van der Waals surface area contributed by atoms with Gasteiger partial charge in [-0.25, -0.2) is 0 Å². The van der Waals surface area contributed by atoms with Gasteiger partial charge in [0.25, 0.3) is 0 Å². The van der Waals surface area contributed by atoms with Crippen LogP contribution in [-0.2, 0) is 4.74 Å². The number of halogens is 1. The Morgan fingerprint density at radius 3 is 2.67 bits per heavy atom. The number of nitrogens with one attached hydrogen (secondary N) is 1. The maximum absolute atomic E-state index is 5.63. The molecule has 0 bridgehead atoms. The minimum Gasteiger partial charge on any atom is -0.377 e. The lowest BCUT2D eigenvalue weighted by Gasteiger charge is -2.37. The zero-order valence-electron chi connectivity index (χ0n) is 10.6. The molecule has 3 rings (SSSR count). The molecule has 18 heavy (non-hydrogen) atoms. The average Bonchev–Trinajstić information content (AvgIpc) is 2.82. The number of hydrogen-bond acceptors (Lipinski definition) is 2. The summed E-state index contributed by atoms with van der Waals surface area (Å²) in [7, 11) is 0. The summed E-state index contributed by atoms with van der Waals surface area (Å²) >= 11 is 3.48. The molecule has 1 aliphatic carbocycles. The molecular weight excluding hydrogens is 290 g/mol. The molecule has 3 heteroatoms. The summed E-state index contributed by atoms with van der Waals surface area (Å²) in [4.78, 5) is 0. The number of ether oxygens (including phenoxy) is 1. The zero-order valence-corrected chi connectivity index (χ0v) is 12.2. The molecule has 1 saturated carbocycles. The van der Waals surface area contributed by atoms with Gasteiger partial charge in [-0.3, -0.25) is 0 Å². The van der Waals surface area contributed by atoms with Gasteiger partial charge >= 0.3 is 0 Å². The molecule has 0 aromatic heterocycles. The molecule has 2 nitrogen and oxygen atoms in total. The van der Waals surface area contributed by atoms with E-state index in [1.54, 1.807) is 0 Å². The Morgan fingerprint density at radius 1 is 1.22 bits per heavy atom. The van der Waals surface area contributed by atoms with Crippen LogP contribution in [0.2, 0.25) is 0 Å². The summed E-state index contributed by atoms with van der Waals surface area (Å²) in [5.41, 5.74) is 1.48. The van der Waals surface area contributed by atoms with E-state index in [0.717, 1.165) is 19.1 Å². The van der Waals surface area contributed by atoms with Crippen molar-refractivity contribution in [2.24, 2.45) is 0 Å². The van der Waals surface area contributed by atoms with Gasteiger partial charge in [0.05, 0.1) is 6.10 Å². The second-order valence-corrected chi connectivity index (χ2v) is 6.38. The molecule has 1 N–H and O–H groups in total. The van der Waals surface area contributed by atoms with Crippen molar-refractivity contribution in [1.29, 1.82) is 0 Å². The average molecular weight is 310 g/mol. The highest BCUT2D eigenvalue weighted by Crippen LogP contribution is 2.37. The summed E-state index contributed by atoms with van der Waals surface area (Å²) in [6, 6.07) is 9.46. The Hall–Kier alpha value is -0.380. The molecule has 1 unspecified atom stereocenters. The number of benzene rings is 1. The first-order chi connectivity index (χ1) is 8.81. The smallest absolute Gasteiger partial charge is 0.0700 e. The van der Waals surface area contributed by atoms with Gasteiger partial charge in [0.1, 0.15) is 0 Å². The maximum Gasteiger partial charge on any atom is 0.0700 e. The summed E-state index contributed by atoms with van der Waals surface area (Å²) in [6.07, 6.45) is 5.48. The van der Waals surface area contributed by atoms with Crippen molar-refractivity contribution in [2.75, 3.05) is 13.2 Å². The second kappa shape index (κ2) is 5.72. The van der Waals surface area contributed by atoms with Crippen molar-refractivity contribution in [3.63, 3.8) is 0 Å². The lowest BCUT2D eigenvalue weighted by molar-refractivity contribution is 0.102. The van der Waals surface area contributed by atoms with Crippen molar-refractivity contribution in [3.8, 4) is 0 Å². The molecule has 1 aromatic carbocycles.